The third kappa shape index (κ3) is 3.38. The lowest BCUT2D eigenvalue weighted by molar-refractivity contribution is 0.387. The van der Waals surface area contributed by atoms with Crippen LogP contribution in [0.5, 0.6) is 0 Å². The van der Waals surface area contributed by atoms with Crippen LogP contribution in [-0.4, -0.2) is 54.9 Å². The second-order valence-corrected chi connectivity index (χ2v) is 8.32. The fraction of sp³-hybridized carbons (Fsp3) is 0.333. The van der Waals surface area contributed by atoms with E-state index in [0.717, 1.165) is 0 Å². The lowest BCUT2D eigenvalue weighted by atomic mass is 10.3. The highest BCUT2D eigenvalue weighted by Gasteiger charge is 2.25. The highest BCUT2D eigenvalue weighted by atomic mass is 79.9. The van der Waals surface area contributed by atoms with E-state index in [1.807, 2.05) is 35.2 Å². The summed E-state index contributed by atoms with van der Waals surface area (Å²) >= 11 is 3.37. The largest absolute Gasteiger partial charge is 0.367 e. The zero-order valence-corrected chi connectivity index (χ0v) is 15.5. The van der Waals surface area contributed by atoms with Gasteiger partial charge in [-0.2, -0.15) is 14.1 Å². The van der Waals surface area contributed by atoms with E-state index in [-0.39, 0.29) is 5.56 Å². The van der Waals surface area contributed by atoms with E-state index in [1.165, 1.54) is 15.2 Å². The van der Waals surface area contributed by atoms with Crippen LogP contribution in [0.25, 0.3) is 5.69 Å². The van der Waals surface area contributed by atoms with Crippen molar-refractivity contribution in [1.82, 2.24) is 14.1 Å². The van der Waals surface area contributed by atoms with Gasteiger partial charge in [-0.3, -0.25) is 4.79 Å². The number of rotatable bonds is 3. The van der Waals surface area contributed by atoms with E-state index in [2.05, 4.69) is 21.0 Å². The summed E-state index contributed by atoms with van der Waals surface area (Å²) in [5.74, 6) is 0. The van der Waals surface area contributed by atoms with Crippen LogP contribution in [0.2, 0.25) is 0 Å². The van der Waals surface area contributed by atoms with Crippen LogP contribution in [0.3, 0.4) is 0 Å². The number of halogens is 1. The summed E-state index contributed by atoms with van der Waals surface area (Å²) in [4.78, 5) is 14.5. The van der Waals surface area contributed by atoms with Crippen LogP contribution in [0.1, 0.15) is 0 Å². The maximum absolute atomic E-state index is 12.6. The Balaban J connectivity index is 1.87. The van der Waals surface area contributed by atoms with Crippen molar-refractivity contribution in [2.24, 2.45) is 0 Å². The number of aromatic nitrogens is 2. The van der Waals surface area contributed by atoms with Crippen LogP contribution >= 0.6 is 15.9 Å². The first-order chi connectivity index (χ1) is 11.4. The molecule has 0 N–H and O–H groups in total. The molecule has 1 aromatic carbocycles. The molecule has 1 aromatic heterocycles. The van der Waals surface area contributed by atoms with Crippen molar-refractivity contribution in [2.45, 2.75) is 0 Å². The maximum atomic E-state index is 12.6. The van der Waals surface area contributed by atoms with Crippen molar-refractivity contribution in [3.8, 4) is 5.69 Å². The summed E-state index contributed by atoms with van der Waals surface area (Å²) < 4.78 is 26.4. The minimum absolute atomic E-state index is 0.246. The van der Waals surface area contributed by atoms with Crippen molar-refractivity contribution >= 4 is 31.6 Å². The predicted octanol–water partition coefficient (Wildman–Crippen LogP) is 1.08. The maximum Gasteiger partial charge on any atom is 0.287 e. The highest BCUT2D eigenvalue weighted by Crippen LogP contribution is 2.23. The molecule has 7 nitrogen and oxygen atoms in total. The van der Waals surface area contributed by atoms with E-state index in [9.17, 15) is 13.2 Å². The Morgan fingerprint density at radius 3 is 2.29 bits per heavy atom. The molecule has 0 spiro atoms. The van der Waals surface area contributed by atoms with Gasteiger partial charge in [-0.15, -0.1) is 0 Å². The molecule has 0 amide bonds. The molecule has 0 radical (unpaired) electrons. The van der Waals surface area contributed by atoms with Crippen LogP contribution in [-0.2, 0) is 10.0 Å². The first-order valence-corrected chi connectivity index (χ1v) is 10.1. The SMILES string of the molecule is CS(=O)(=O)N1CCN(c2cnn(-c3ccccc3)c(=O)c2Br)CC1. The Labute approximate surface area is 148 Å². The fourth-order valence-corrected chi connectivity index (χ4v) is 4.01. The van der Waals surface area contributed by atoms with Gasteiger partial charge in [-0.05, 0) is 28.1 Å². The van der Waals surface area contributed by atoms with Gasteiger partial charge in [0.05, 0.1) is 23.8 Å². The molecule has 1 fully saturated rings. The third-order valence-corrected chi connectivity index (χ3v) is 6.00. The summed E-state index contributed by atoms with van der Waals surface area (Å²) in [7, 11) is -3.18. The normalized spacial score (nSPS) is 16.3. The molecular formula is C15H17BrN4O3S. The molecule has 3 rings (SSSR count). The van der Waals surface area contributed by atoms with Crippen molar-refractivity contribution in [2.75, 3.05) is 37.3 Å². The molecule has 1 aliphatic heterocycles. The Kier molecular flexibility index (Phi) is 4.75. The minimum Gasteiger partial charge on any atom is -0.367 e. The second-order valence-electron chi connectivity index (χ2n) is 5.55. The van der Waals surface area contributed by atoms with Crippen molar-refractivity contribution in [3.63, 3.8) is 0 Å². The molecule has 1 saturated heterocycles. The number of sulfonamides is 1. The zero-order chi connectivity index (χ0) is 17.3. The molecule has 0 atom stereocenters. The van der Waals surface area contributed by atoms with Gasteiger partial charge >= 0.3 is 0 Å². The number of para-hydroxylation sites is 1. The molecule has 2 heterocycles. The summed E-state index contributed by atoms with van der Waals surface area (Å²) in [5.41, 5.74) is 1.13. The molecule has 2 aromatic rings. The molecule has 0 saturated carbocycles. The first kappa shape index (κ1) is 17.1. The molecule has 24 heavy (non-hydrogen) atoms. The van der Waals surface area contributed by atoms with Gasteiger partial charge in [0.25, 0.3) is 5.56 Å². The van der Waals surface area contributed by atoms with E-state index in [0.29, 0.717) is 42.0 Å². The molecule has 0 unspecified atom stereocenters. The highest BCUT2D eigenvalue weighted by molar-refractivity contribution is 9.10. The minimum atomic E-state index is -3.18. The number of nitrogens with zero attached hydrogens (tertiary/aromatic N) is 4. The number of anilines is 1. The van der Waals surface area contributed by atoms with Gasteiger partial charge in [-0.1, -0.05) is 18.2 Å². The summed E-state index contributed by atoms with van der Waals surface area (Å²) in [6, 6.07) is 9.18. The summed E-state index contributed by atoms with van der Waals surface area (Å²) in [6.45, 7) is 1.82. The van der Waals surface area contributed by atoms with Crippen molar-refractivity contribution in [3.05, 3.63) is 51.4 Å². The van der Waals surface area contributed by atoms with Gasteiger partial charge in [0.2, 0.25) is 10.0 Å². The molecule has 128 valence electrons. The van der Waals surface area contributed by atoms with Gasteiger partial charge < -0.3 is 4.90 Å². The van der Waals surface area contributed by atoms with E-state index in [4.69, 9.17) is 0 Å². The predicted molar refractivity (Wildman–Crippen MR) is 96.2 cm³/mol. The van der Waals surface area contributed by atoms with Gasteiger partial charge in [0, 0.05) is 26.2 Å². The van der Waals surface area contributed by atoms with Gasteiger partial charge in [-0.25, -0.2) is 8.42 Å². The lowest BCUT2D eigenvalue weighted by Gasteiger charge is -2.34. The second kappa shape index (κ2) is 6.66. The number of hydrogen-bond donors (Lipinski definition) is 0. The van der Waals surface area contributed by atoms with Crippen molar-refractivity contribution in [1.29, 1.82) is 0 Å². The third-order valence-electron chi connectivity index (χ3n) is 3.95. The van der Waals surface area contributed by atoms with Crippen LogP contribution in [0.15, 0.2) is 45.8 Å². The molecule has 9 heteroatoms. The van der Waals surface area contributed by atoms with Crippen LogP contribution in [0, 0.1) is 0 Å². The standard InChI is InChI=1S/C15H17BrN4O3S/c1-24(22,23)19-9-7-18(8-10-19)13-11-17-20(15(21)14(13)16)12-5-3-2-4-6-12/h2-6,11H,7-10H2,1H3. The molecular weight excluding hydrogens is 396 g/mol. The van der Waals surface area contributed by atoms with Gasteiger partial charge in [0.15, 0.2) is 0 Å². The molecule has 0 aliphatic carbocycles. The van der Waals surface area contributed by atoms with E-state index in [1.54, 1.807) is 6.20 Å². The monoisotopic (exact) mass is 412 g/mol. The topological polar surface area (TPSA) is 75.5 Å². The Bertz CT molecular complexity index is 891. The number of hydrogen-bond acceptors (Lipinski definition) is 5. The Morgan fingerprint density at radius 1 is 1.08 bits per heavy atom. The quantitative estimate of drug-likeness (QED) is 0.753. The fourth-order valence-electron chi connectivity index (χ4n) is 2.66. The number of piperazine rings is 1. The first-order valence-electron chi connectivity index (χ1n) is 7.41. The number of benzene rings is 1. The average Bonchev–Trinajstić information content (AvgIpc) is 2.57. The molecule has 1 aliphatic rings. The smallest absolute Gasteiger partial charge is 0.287 e. The van der Waals surface area contributed by atoms with E-state index < -0.39 is 10.0 Å². The Hall–Kier alpha value is -1.71. The lowest BCUT2D eigenvalue weighted by Crippen LogP contribution is -2.48. The summed E-state index contributed by atoms with van der Waals surface area (Å²) in [5, 5.41) is 4.25. The van der Waals surface area contributed by atoms with Crippen molar-refractivity contribution < 1.29 is 8.42 Å². The van der Waals surface area contributed by atoms with Crippen LogP contribution in [0.4, 0.5) is 5.69 Å². The van der Waals surface area contributed by atoms with E-state index >= 15 is 0 Å². The zero-order valence-electron chi connectivity index (χ0n) is 13.1. The summed E-state index contributed by atoms with van der Waals surface area (Å²) in [6.07, 6.45) is 2.84. The average molecular weight is 413 g/mol. The molecule has 0 bridgehead atoms. The van der Waals surface area contributed by atoms with Gasteiger partial charge in [0.1, 0.15) is 4.47 Å². The Morgan fingerprint density at radius 2 is 1.71 bits per heavy atom. The van der Waals surface area contributed by atoms with Crippen LogP contribution < -0.4 is 10.5 Å².